The van der Waals surface area contributed by atoms with Crippen LogP contribution in [0.4, 0.5) is 23.9 Å². The van der Waals surface area contributed by atoms with Gasteiger partial charge in [-0.1, -0.05) is 18.2 Å². The number of aromatic nitrogens is 3. The Morgan fingerprint density at radius 2 is 1.90 bits per heavy atom. The third kappa shape index (κ3) is 7.16. The van der Waals surface area contributed by atoms with Crippen LogP contribution in [0, 0.1) is 5.92 Å². The van der Waals surface area contributed by atoms with Gasteiger partial charge in [0.25, 0.3) is 11.1 Å². The smallest absolute Gasteiger partial charge is 0.405 e. The predicted molar refractivity (Wildman–Crippen MR) is 144 cm³/mol. The number of para-hydroxylation sites is 1. The number of hydrogen-bond donors (Lipinski definition) is 2. The van der Waals surface area contributed by atoms with Crippen molar-refractivity contribution in [2.45, 2.75) is 25.7 Å². The van der Waals surface area contributed by atoms with Crippen molar-refractivity contribution in [1.82, 2.24) is 25.6 Å². The third-order valence-electron chi connectivity index (χ3n) is 6.46. The Kier molecular flexibility index (Phi) is 8.31. The lowest BCUT2D eigenvalue weighted by molar-refractivity contribution is -0.274. The van der Waals surface area contributed by atoms with Crippen molar-refractivity contribution < 1.29 is 27.5 Å². The number of nitrogens with zero attached hydrogens (tertiary/aromatic N) is 4. The molecule has 2 fully saturated rings. The summed E-state index contributed by atoms with van der Waals surface area (Å²) in [5.74, 6) is 0.343. The molecule has 9 nitrogen and oxygen atoms in total. The summed E-state index contributed by atoms with van der Waals surface area (Å²) >= 11 is 0.852. The van der Waals surface area contributed by atoms with Crippen molar-refractivity contribution in [3.63, 3.8) is 0 Å². The van der Waals surface area contributed by atoms with E-state index in [-0.39, 0.29) is 11.3 Å². The van der Waals surface area contributed by atoms with Crippen LogP contribution in [-0.2, 0) is 11.3 Å². The van der Waals surface area contributed by atoms with Gasteiger partial charge in [0.05, 0.1) is 16.3 Å². The highest BCUT2D eigenvalue weighted by atomic mass is 32.2. The van der Waals surface area contributed by atoms with E-state index >= 15 is 0 Å². The molecule has 13 heteroatoms. The number of benzene rings is 1. The van der Waals surface area contributed by atoms with Gasteiger partial charge in [-0.3, -0.25) is 19.9 Å². The van der Waals surface area contributed by atoms with Crippen LogP contribution in [-0.4, -0.2) is 52.1 Å². The lowest BCUT2D eigenvalue weighted by atomic mass is 9.97. The number of ether oxygens (including phenoxy) is 1. The third-order valence-corrected chi connectivity index (χ3v) is 7.27. The Hall–Kier alpha value is -3.97. The fourth-order valence-electron chi connectivity index (χ4n) is 4.49. The zero-order valence-corrected chi connectivity index (χ0v) is 22.0. The summed E-state index contributed by atoms with van der Waals surface area (Å²) in [4.78, 5) is 38.8. The van der Waals surface area contributed by atoms with Crippen LogP contribution in [0.5, 0.6) is 5.75 Å². The number of hydrogen-bond acceptors (Lipinski definition) is 9. The molecule has 0 bridgehead atoms. The first-order chi connectivity index (χ1) is 19.2. The minimum atomic E-state index is -4.78. The first kappa shape index (κ1) is 27.6. The van der Waals surface area contributed by atoms with Gasteiger partial charge >= 0.3 is 6.36 Å². The maximum atomic E-state index is 12.7. The average molecular weight is 571 g/mol. The van der Waals surface area contributed by atoms with Crippen LogP contribution in [0.2, 0.25) is 0 Å². The molecule has 2 aliphatic heterocycles. The quantitative estimate of drug-likeness (QED) is 0.370. The van der Waals surface area contributed by atoms with Crippen molar-refractivity contribution in [1.29, 1.82) is 0 Å². The van der Waals surface area contributed by atoms with E-state index in [1.807, 2.05) is 6.07 Å². The van der Waals surface area contributed by atoms with Crippen molar-refractivity contribution in [2.24, 2.45) is 5.92 Å². The number of amides is 2. The maximum Gasteiger partial charge on any atom is 0.573 e. The average Bonchev–Trinajstić information content (AvgIpc) is 3.25. The number of rotatable bonds is 8. The molecule has 1 aromatic carbocycles. The number of pyridine rings is 1. The second-order valence-corrected chi connectivity index (χ2v) is 10.3. The summed E-state index contributed by atoms with van der Waals surface area (Å²) in [6.07, 6.45) is 2.00. The van der Waals surface area contributed by atoms with Gasteiger partial charge in [-0.05, 0) is 73.0 Å². The van der Waals surface area contributed by atoms with Crippen LogP contribution < -0.4 is 20.3 Å². The van der Waals surface area contributed by atoms with Gasteiger partial charge in [-0.2, -0.15) is 0 Å². The number of thioether (sulfide) groups is 1. The van der Waals surface area contributed by atoms with Gasteiger partial charge < -0.3 is 15.0 Å². The first-order valence-electron chi connectivity index (χ1n) is 12.6. The Bertz CT molecular complexity index is 1410. The summed E-state index contributed by atoms with van der Waals surface area (Å²) in [6, 6.07) is 11.2. The lowest BCUT2D eigenvalue weighted by Crippen LogP contribution is -2.38. The normalized spacial score (nSPS) is 17.4. The molecule has 0 radical (unpaired) electrons. The number of piperidine rings is 1. The largest absolute Gasteiger partial charge is 0.573 e. The molecule has 3 aromatic rings. The molecule has 0 unspecified atom stereocenters. The molecule has 40 heavy (non-hydrogen) atoms. The topological polar surface area (TPSA) is 109 Å². The Labute approximate surface area is 232 Å². The molecule has 2 amide bonds. The molecule has 2 aliphatic rings. The van der Waals surface area contributed by atoms with E-state index in [9.17, 15) is 22.8 Å². The van der Waals surface area contributed by atoms with E-state index in [0.29, 0.717) is 34.7 Å². The monoisotopic (exact) mass is 570 g/mol. The van der Waals surface area contributed by atoms with E-state index in [2.05, 4.69) is 35.2 Å². The standard InChI is InChI=1S/C27H25F3N6O3S/c28-27(29,30)39-22-4-2-1-3-20(22)21-6-5-18(16-33-21)15-31-14-17-8-11-36(12-9-17)25-32-10-7-19(34-25)13-23-24(37)35-26(38)40-23/h1-7,10,13,16-17,31H,8-9,11-12,14-15H2,(H,35,37,38)/b23-13+. The van der Waals surface area contributed by atoms with Crippen LogP contribution in [0.15, 0.2) is 59.8 Å². The van der Waals surface area contributed by atoms with E-state index in [1.54, 1.807) is 42.7 Å². The number of nitrogens with one attached hydrogen (secondary N) is 2. The highest BCUT2D eigenvalue weighted by Crippen LogP contribution is 2.32. The molecule has 0 atom stereocenters. The van der Waals surface area contributed by atoms with Crippen LogP contribution >= 0.6 is 11.8 Å². The molecule has 0 spiro atoms. The fourth-order valence-corrected chi connectivity index (χ4v) is 5.15. The van der Waals surface area contributed by atoms with E-state index in [4.69, 9.17) is 0 Å². The number of alkyl halides is 3. The summed E-state index contributed by atoms with van der Waals surface area (Å²) < 4.78 is 42.3. The zero-order valence-electron chi connectivity index (χ0n) is 21.1. The molecule has 0 saturated carbocycles. The van der Waals surface area contributed by atoms with Crippen molar-refractivity contribution in [3.8, 4) is 17.0 Å². The molecule has 2 N–H and O–H groups in total. The summed E-state index contributed by atoms with van der Waals surface area (Å²) in [5, 5.41) is 5.28. The summed E-state index contributed by atoms with van der Waals surface area (Å²) in [5.41, 5.74) is 2.16. The summed E-state index contributed by atoms with van der Waals surface area (Å²) in [7, 11) is 0. The predicted octanol–water partition coefficient (Wildman–Crippen LogP) is 4.77. The van der Waals surface area contributed by atoms with E-state index in [1.165, 1.54) is 12.1 Å². The van der Waals surface area contributed by atoms with Crippen molar-refractivity contribution >= 4 is 34.9 Å². The van der Waals surface area contributed by atoms with Crippen LogP contribution in [0.3, 0.4) is 0 Å². The van der Waals surface area contributed by atoms with Crippen LogP contribution in [0.25, 0.3) is 17.3 Å². The first-order valence-corrected chi connectivity index (χ1v) is 13.4. The number of carbonyl (C=O) groups is 2. The van der Waals surface area contributed by atoms with Crippen LogP contribution in [0.1, 0.15) is 24.1 Å². The molecule has 2 saturated heterocycles. The molecular weight excluding hydrogens is 545 g/mol. The lowest BCUT2D eigenvalue weighted by Gasteiger charge is -2.32. The van der Waals surface area contributed by atoms with Gasteiger partial charge in [0.2, 0.25) is 5.95 Å². The molecule has 208 valence electrons. The summed E-state index contributed by atoms with van der Waals surface area (Å²) in [6.45, 7) is 2.97. The van der Waals surface area contributed by atoms with Crippen molar-refractivity contribution in [3.05, 3.63) is 71.0 Å². The Balaban J connectivity index is 1.10. The number of halogens is 3. The SMILES string of the molecule is O=C1NC(=O)/C(=C\c2ccnc(N3CCC(CNCc4ccc(-c5ccccc5OC(F)(F)F)nc4)CC3)n2)S1. The second kappa shape index (κ2) is 12.0. The molecule has 4 heterocycles. The minimum absolute atomic E-state index is 0.273. The second-order valence-electron chi connectivity index (χ2n) is 9.29. The van der Waals surface area contributed by atoms with E-state index < -0.39 is 17.5 Å². The molecule has 0 aliphatic carbocycles. The number of imide groups is 1. The van der Waals surface area contributed by atoms with Gasteiger partial charge in [0.1, 0.15) is 5.75 Å². The highest BCUT2D eigenvalue weighted by Gasteiger charge is 2.32. The van der Waals surface area contributed by atoms with Gasteiger partial charge in [0.15, 0.2) is 0 Å². The molecular formula is C27H25F3N6O3S. The van der Waals surface area contributed by atoms with Crippen molar-refractivity contribution in [2.75, 3.05) is 24.5 Å². The number of anilines is 1. The fraction of sp³-hybridized carbons (Fsp3) is 0.296. The van der Waals surface area contributed by atoms with Gasteiger partial charge in [-0.15, -0.1) is 13.2 Å². The highest BCUT2D eigenvalue weighted by molar-refractivity contribution is 8.18. The zero-order chi connectivity index (χ0) is 28.1. The maximum absolute atomic E-state index is 12.7. The number of carbonyl (C=O) groups excluding carboxylic acids is 2. The van der Waals surface area contributed by atoms with Gasteiger partial charge in [-0.25, -0.2) is 9.97 Å². The molecule has 2 aromatic heterocycles. The van der Waals surface area contributed by atoms with E-state index in [0.717, 1.165) is 49.8 Å². The molecule has 5 rings (SSSR count). The Morgan fingerprint density at radius 1 is 1.10 bits per heavy atom. The minimum Gasteiger partial charge on any atom is -0.405 e. The Morgan fingerprint density at radius 3 is 2.60 bits per heavy atom. The van der Waals surface area contributed by atoms with Gasteiger partial charge in [0, 0.05) is 37.6 Å².